The first-order chi connectivity index (χ1) is 9.15. The van der Waals surface area contributed by atoms with E-state index in [2.05, 4.69) is 25.9 Å². The second-order valence-corrected chi connectivity index (χ2v) is 4.25. The summed E-state index contributed by atoms with van der Waals surface area (Å²) >= 11 is 0. The fourth-order valence-corrected chi connectivity index (χ4v) is 1.62. The first kappa shape index (κ1) is 12.9. The van der Waals surface area contributed by atoms with E-state index in [9.17, 15) is 4.79 Å². The predicted molar refractivity (Wildman–Crippen MR) is 70.9 cm³/mol. The van der Waals surface area contributed by atoms with Gasteiger partial charge < -0.3 is 5.32 Å². The normalized spacial score (nSPS) is 12.5. The molecule has 1 aromatic heterocycles. The molecule has 0 spiro atoms. The number of aryl methyl sites for hydroxylation is 1. The van der Waals surface area contributed by atoms with Gasteiger partial charge in [0, 0.05) is 6.08 Å². The maximum atomic E-state index is 11.7. The van der Waals surface area contributed by atoms with Crippen molar-refractivity contribution in [2.75, 3.05) is 0 Å². The van der Waals surface area contributed by atoms with Crippen LogP contribution < -0.4 is 5.32 Å². The average Bonchev–Trinajstić information content (AvgIpc) is 2.90. The average molecular weight is 257 g/mol. The summed E-state index contributed by atoms with van der Waals surface area (Å²) in [6.07, 6.45) is 3.26. The van der Waals surface area contributed by atoms with Crippen molar-refractivity contribution in [2.45, 2.75) is 19.9 Å². The van der Waals surface area contributed by atoms with Gasteiger partial charge in [-0.3, -0.25) is 4.79 Å². The number of carbonyl (C=O) groups excluding carboxylic acids is 1. The van der Waals surface area contributed by atoms with Gasteiger partial charge >= 0.3 is 0 Å². The Kier molecular flexibility index (Phi) is 4.02. The van der Waals surface area contributed by atoms with Gasteiger partial charge in [-0.25, -0.2) is 0 Å². The Bertz CT molecular complexity index is 576. The van der Waals surface area contributed by atoms with Gasteiger partial charge in [0.15, 0.2) is 5.82 Å². The van der Waals surface area contributed by atoms with Crippen molar-refractivity contribution in [3.63, 3.8) is 0 Å². The van der Waals surface area contributed by atoms with Gasteiger partial charge in [0.25, 0.3) is 0 Å². The van der Waals surface area contributed by atoms with Crippen molar-refractivity contribution in [1.82, 2.24) is 25.9 Å². The predicted octanol–water partition coefficient (Wildman–Crippen LogP) is 1.40. The summed E-state index contributed by atoms with van der Waals surface area (Å²) in [4.78, 5) is 11.7. The van der Waals surface area contributed by atoms with E-state index >= 15 is 0 Å². The molecular formula is C13H15N5O. The van der Waals surface area contributed by atoms with Crippen LogP contribution in [-0.2, 0) is 4.79 Å². The molecular weight excluding hydrogens is 242 g/mol. The molecule has 0 saturated heterocycles. The Hall–Kier alpha value is -2.50. The van der Waals surface area contributed by atoms with Gasteiger partial charge in [0.05, 0.1) is 6.04 Å². The Balaban J connectivity index is 1.94. The number of aromatic amines is 1. The number of H-pyrrole nitrogens is 1. The van der Waals surface area contributed by atoms with Gasteiger partial charge in [-0.15, -0.1) is 10.2 Å². The van der Waals surface area contributed by atoms with Crippen LogP contribution in [0.25, 0.3) is 6.08 Å². The number of nitrogens with one attached hydrogen (secondary N) is 2. The van der Waals surface area contributed by atoms with E-state index in [4.69, 9.17) is 0 Å². The molecule has 1 unspecified atom stereocenters. The Morgan fingerprint density at radius 1 is 1.47 bits per heavy atom. The van der Waals surface area contributed by atoms with E-state index in [0.717, 1.165) is 11.1 Å². The first-order valence-corrected chi connectivity index (χ1v) is 5.94. The minimum atomic E-state index is -0.284. The molecule has 2 N–H and O–H groups in total. The van der Waals surface area contributed by atoms with Crippen LogP contribution in [0.2, 0.25) is 0 Å². The number of benzene rings is 1. The molecule has 0 aliphatic rings. The van der Waals surface area contributed by atoms with Crippen LogP contribution in [0.3, 0.4) is 0 Å². The second-order valence-electron chi connectivity index (χ2n) is 4.25. The van der Waals surface area contributed by atoms with E-state index in [-0.39, 0.29) is 11.9 Å². The van der Waals surface area contributed by atoms with Gasteiger partial charge in [0.2, 0.25) is 5.91 Å². The summed E-state index contributed by atoms with van der Waals surface area (Å²) in [6.45, 7) is 3.80. The third kappa shape index (κ3) is 3.74. The van der Waals surface area contributed by atoms with E-state index in [0.29, 0.717) is 5.82 Å². The zero-order valence-corrected chi connectivity index (χ0v) is 10.8. The van der Waals surface area contributed by atoms with Crippen LogP contribution >= 0.6 is 0 Å². The van der Waals surface area contributed by atoms with Crippen LogP contribution in [0.15, 0.2) is 30.3 Å². The lowest BCUT2D eigenvalue weighted by Gasteiger charge is -2.06. The number of hydrogen-bond acceptors (Lipinski definition) is 4. The van der Waals surface area contributed by atoms with Crippen LogP contribution in [0, 0.1) is 6.92 Å². The molecule has 0 aliphatic heterocycles. The Morgan fingerprint density at radius 2 is 2.32 bits per heavy atom. The molecule has 0 saturated carbocycles. The summed E-state index contributed by atoms with van der Waals surface area (Å²) in [5.41, 5.74) is 2.14. The molecule has 1 amide bonds. The fraction of sp³-hybridized carbons (Fsp3) is 0.231. The Morgan fingerprint density at radius 3 is 3.00 bits per heavy atom. The molecule has 0 aliphatic carbocycles. The molecule has 2 rings (SSSR count). The number of aromatic nitrogens is 4. The molecule has 6 heteroatoms. The van der Waals surface area contributed by atoms with Crippen LogP contribution in [0.4, 0.5) is 0 Å². The van der Waals surface area contributed by atoms with Crippen molar-refractivity contribution in [3.05, 3.63) is 47.3 Å². The van der Waals surface area contributed by atoms with E-state index in [1.54, 1.807) is 13.0 Å². The van der Waals surface area contributed by atoms with Crippen LogP contribution in [0.5, 0.6) is 0 Å². The van der Waals surface area contributed by atoms with Crippen molar-refractivity contribution in [1.29, 1.82) is 0 Å². The third-order valence-corrected chi connectivity index (χ3v) is 2.58. The lowest BCUT2D eigenvalue weighted by atomic mass is 10.1. The Labute approximate surface area is 110 Å². The minimum absolute atomic E-state index is 0.196. The summed E-state index contributed by atoms with van der Waals surface area (Å²) in [7, 11) is 0. The summed E-state index contributed by atoms with van der Waals surface area (Å²) in [6, 6.07) is 7.63. The number of hydrogen-bond donors (Lipinski definition) is 2. The van der Waals surface area contributed by atoms with Gasteiger partial charge in [-0.05, 0) is 25.5 Å². The third-order valence-electron chi connectivity index (χ3n) is 2.58. The van der Waals surface area contributed by atoms with E-state index in [1.165, 1.54) is 6.08 Å². The topological polar surface area (TPSA) is 83.6 Å². The van der Waals surface area contributed by atoms with E-state index < -0.39 is 0 Å². The standard InChI is InChI=1S/C13H15N5O/c1-9-4-3-5-11(8-9)6-7-12(19)14-10(2)13-15-17-18-16-13/h3-8,10H,1-2H3,(H,14,19)(H,15,16,17,18). The van der Waals surface area contributed by atoms with Crippen molar-refractivity contribution in [2.24, 2.45) is 0 Å². The quantitative estimate of drug-likeness (QED) is 0.811. The molecule has 0 radical (unpaired) electrons. The largest absolute Gasteiger partial charge is 0.343 e. The highest BCUT2D eigenvalue weighted by atomic mass is 16.1. The van der Waals surface area contributed by atoms with Crippen molar-refractivity contribution in [3.8, 4) is 0 Å². The number of carbonyl (C=O) groups is 1. The highest BCUT2D eigenvalue weighted by molar-refractivity contribution is 5.91. The molecule has 19 heavy (non-hydrogen) atoms. The molecule has 0 fully saturated rings. The summed E-state index contributed by atoms with van der Waals surface area (Å²) < 4.78 is 0. The molecule has 98 valence electrons. The number of amides is 1. The molecule has 6 nitrogen and oxygen atoms in total. The highest BCUT2D eigenvalue weighted by Gasteiger charge is 2.11. The zero-order chi connectivity index (χ0) is 13.7. The minimum Gasteiger partial charge on any atom is -0.343 e. The lowest BCUT2D eigenvalue weighted by Crippen LogP contribution is -2.25. The van der Waals surface area contributed by atoms with Crippen LogP contribution in [-0.4, -0.2) is 26.5 Å². The van der Waals surface area contributed by atoms with Crippen molar-refractivity contribution >= 4 is 12.0 Å². The first-order valence-electron chi connectivity index (χ1n) is 5.94. The maximum absolute atomic E-state index is 11.7. The maximum Gasteiger partial charge on any atom is 0.244 e. The molecule has 1 heterocycles. The zero-order valence-electron chi connectivity index (χ0n) is 10.8. The number of nitrogens with zero attached hydrogens (tertiary/aromatic N) is 3. The van der Waals surface area contributed by atoms with E-state index in [1.807, 2.05) is 31.2 Å². The van der Waals surface area contributed by atoms with Gasteiger partial charge in [-0.2, -0.15) is 5.21 Å². The van der Waals surface area contributed by atoms with Crippen LogP contribution in [0.1, 0.15) is 29.9 Å². The lowest BCUT2D eigenvalue weighted by molar-refractivity contribution is -0.117. The monoisotopic (exact) mass is 257 g/mol. The molecule has 1 aromatic carbocycles. The smallest absolute Gasteiger partial charge is 0.244 e. The second kappa shape index (κ2) is 5.90. The number of tetrazole rings is 1. The molecule has 1 atom stereocenters. The highest BCUT2D eigenvalue weighted by Crippen LogP contribution is 2.06. The molecule has 2 aromatic rings. The number of rotatable bonds is 4. The van der Waals surface area contributed by atoms with Gasteiger partial charge in [-0.1, -0.05) is 35.0 Å². The summed E-state index contributed by atoms with van der Waals surface area (Å²) in [5.74, 6) is 0.260. The van der Waals surface area contributed by atoms with Gasteiger partial charge in [0.1, 0.15) is 0 Å². The fourth-order valence-electron chi connectivity index (χ4n) is 1.62. The summed E-state index contributed by atoms with van der Waals surface area (Å²) in [5, 5.41) is 16.2. The van der Waals surface area contributed by atoms with Crippen molar-refractivity contribution < 1.29 is 4.79 Å². The molecule has 0 bridgehead atoms. The SMILES string of the molecule is Cc1cccc(C=CC(=O)NC(C)c2nn[nH]n2)c1.